The van der Waals surface area contributed by atoms with Crippen LogP contribution in [-0.2, 0) is 10.2 Å². The predicted octanol–water partition coefficient (Wildman–Crippen LogP) is 4.49. The van der Waals surface area contributed by atoms with E-state index in [1.54, 1.807) is 20.3 Å². The fourth-order valence-corrected chi connectivity index (χ4v) is 4.91. The van der Waals surface area contributed by atoms with Gasteiger partial charge in [0.15, 0.2) is 11.5 Å². The number of benzene rings is 2. The van der Waals surface area contributed by atoms with Crippen molar-refractivity contribution in [1.82, 2.24) is 4.90 Å². The van der Waals surface area contributed by atoms with Crippen molar-refractivity contribution in [2.24, 2.45) is 0 Å². The normalized spacial score (nSPS) is 23.5. The number of likely N-dealkylation sites (N-methyl/N-ethyl adjacent to an activating group) is 1. The summed E-state index contributed by atoms with van der Waals surface area (Å²) in [5.41, 5.74) is 2.86. The van der Waals surface area contributed by atoms with Crippen molar-refractivity contribution in [3.05, 3.63) is 71.0 Å². The first-order valence-electron chi connectivity index (χ1n) is 10.4. The Morgan fingerprint density at radius 2 is 1.90 bits per heavy atom. The summed E-state index contributed by atoms with van der Waals surface area (Å²) in [6.07, 6.45) is 4.69. The first-order valence-corrected chi connectivity index (χ1v) is 10.4. The third kappa shape index (κ3) is 3.58. The molecule has 0 spiro atoms. The third-order valence-electron chi connectivity index (χ3n) is 6.61. The van der Waals surface area contributed by atoms with Crippen LogP contribution in [0.25, 0.3) is 0 Å². The summed E-state index contributed by atoms with van der Waals surface area (Å²) in [7, 11) is 5.47. The second-order valence-electron chi connectivity index (χ2n) is 8.31. The van der Waals surface area contributed by atoms with Crippen molar-refractivity contribution in [3.8, 4) is 11.5 Å². The minimum Gasteiger partial charge on any atom is -0.493 e. The molecular formula is C25H29NO4. The number of ether oxygens (including phenoxy) is 3. The van der Waals surface area contributed by atoms with Gasteiger partial charge in [-0.3, -0.25) is 0 Å². The highest BCUT2D eigenvalue weighted by molar-refractivity contribution is 5.90. The minimum atomic E-state index is -0.288. The standard InChI is InChI=1S/C25H29NO4/c1-17-6-5-7-18(14-17)24(27)30-20-10-11-25(12-13-26(2)23(25)16-20)19-8-9-21(28-3)22(15-19)29-4/h5-10,14-15,23H,11-13,16H2,1-4H3. The average molecular weight is 408 g/mol. The molecule has 4 rings (SSSR count). The topological polar surface area (TPSA) is 48.0 Å². The van der Waals surface area contributed by atoms with Crippen LogP contribution < -0.4 is 9.47 Å². The Bertz CT molecular complexity index is 983. The second kappa shape index (κ2) is 8.15. The van der Waals surface area contributed by atoms with Crippen molar-refractivity contribution in [2.45, 2.75) is 37.6 Å². The number of fused-ring (bicyclic) bond motifs is 1. The monoisotopic (exact) mass is 407 g/mol. The van der Waals surface area contributed by atoms with E-state index < -0.39 is 0 Å². The summed E-state index contributed by atoms with van der Waals surface area (Å²) >= 11 is 0. The van der Waals surface area contributed by atoms with E-state index in [4.69, 9.17) is 14.2 Å². The van der Waals surface area contributed by atoms with Crippen LogP contribution in [0.15, 0.2) is 54.3 Å². The highest BCUT2D eigenvalue weighted by atomic mass is 16.5. The van der Waals surface area contributed by atoms with E-state index in [0.717, 1.165) is 42.2 Å². The van der Waals surface area contributed by atoms with Crippen molar-refractivity contribution >= 4 is 5.97 Å². The smallest absolute Gasteiger partial charge is 0.343 e. The van der Waals surface area contributed by atoms with Gasteiger partial charge in [0.1, 0.15) is 5.76 Å². The second-order valence-corrected chi connectivity index (χ2v) is 8.31. The molecule has 2 aromatic carbocycles. The number of hydrogen-bond donors (Lipinski definition) is 0. The van der Waals surface area contributed by atoms with E-state index in [0.29, 0.717) is 12.0 Å². The molecule has 1 saturated heterocycles. The van der Waals surface area contributed by atoms with E-state index in [9.17, 15) is 4.79 Å². The first-order chi connectivity index (χ1) is 14.5. The lowest BCUT2D eigenvalue weighted by atomic mass is 9.68. The Hall–Kier alpha value is -2.79. The van der Waals surface area contributed by atoms with Crippen LogP contribution >= 0.6 is 0 Å². The number of carbonyl (C=O) groups is 1. The molecule has 0 radical (unpaired) electrons. The molecule has 2 unspecified atom stereocenters. The molecule has 1 aliphatic heterocycles. The van der Waals surface area contributed by atoms with E-state index in [1.807, 2.05) is 31.2 Å². The number of hydrogen-bond acceptors (Lipinski definition) is 5. The highest BCUT2D eigenvalue weighted by Gasteiger charge is 2.49. The molecule has 5 heteroatoms. The number of esters is 1. The molecule has 5 nitrogen and oxygen atoms in total. The van der Waals surface area contributed by atoms with E-state index in [2.05, 4.69) is 30.2 Å². The molecule has 0 saturated carbocycles. The molecule has 1 heterocycles. The molecule has 0 aromatic heterocycles. The zero-order valence-electron chi connectivity index (χ0n) is 18.1. The molecular weight excluding hydrogens is 378 g/mol. The maximum absolute atomic E-state index is 12.6. The zero-order chi connectivity index (χ0) is 21.3. The van der Waals surface area contributed by atoms with Gasteiger partial charge < -0.3 is 19.1 Å². The highest BCUT2D eigenvalue weighted by Crippen LogP contribution is 2.49. The Kier molecular flexibility index (Phi) is 5.56. The van der Waals surface area contributed by atoms with Crippen LogP contribution in [0.5, 0.6) is 11.5 Å². The van der Waals surface area contributed by atoms with Gasteiger partial charge in [0.05, 0.1) is 19.8 Å². The predicted molar refractivity (Wildman–Crippen MR) is 116 cm³/mol. The van der Waals surface area contributed by atoms with Gasteiger partial charge in [-0.05, 0) is 69.3 Å². The number of nitrogens with zero attached hydrogens (tertiary/aromatic N) is 1. The summed E-state index contributed by atoms with van der Waals surface area (Å²) < 4.78 is 16.8. The van der Waals surface area contributed by atoms with Gasteiger partial charge in [-0.25, -0.2) is 4.79 Å². The van der Waals surface area contributed by atoms with Crippen molar-refractivity contribution in [3.63, 3.8) is 0 Å². The van der Waals surface area contributed by atoms with E-state index >= 15 is 0 Å². The van der Waals surface area contributed by atoms with Crippen LogP contribution in [0.3, 0.4) is 0 Å². The summed E-state index contributed by atoms with van der Waals surface area (Å²) in [4.78, 5) is 15.0. The van der Waals surface area contributed by atoms with E-state index in [-0.39, 0.29) is 17.4 Å². The molecule has 30 heavy (non-hydrogen) atoms. The zero-order valence-corrected chi connectivity index (χ0v) is 18.1. The lowest BCUT2D eigenvalue weighted by molar-refractivity contribution is 0.0579. The molecule has 0 N–H and O–H groups in total. The maximum Gasteiger partial charge on any atom is 0.343 e. The Balaban J connectivity index is 1.60. The van der Waals surface area contributed by atoms with E-state index in [1.165, 1.54) is 5.56 Å². The van der Waals surface area contributed by atoms with Crippen molar-refractivity contribution in [1.29, 1.82) is 0 Å². The quantitative estimate of drug-likeness (QED) is 0.684. The van der Waals surface area contributed by atoms with Crippen molar-refractivity contribution < 1.29 is 19.0 Å². The maximum atomic E-state index is 12.6. The summed E-state index contributed by atoms with van der Waals surface area (Å²) in [6, 6.07) is 14.0. The SMILES string of the molecule is COc1ccc(C23CC=C(OC(=O)c4cccc(C)c4)CC2N(C)CC3)cc1OC. The summed E-state index contributed by atoms with van der Waals surface area (Å²) in [5, 5.41) is 0. The fourth-order valence-electron chi connectivity index (χ4n) is 4.91. The average Bonchev–Trinajstić information content (AvgIpc) is 3.10. The van der Waals surface area contributed by atoms with Crippen LogP contribution in [-0.4, -0.2) is 44.7 Å². The van der Waals surface area contributed by atoms with Crippen molar-refractivity contribution in [2.75, 3.05) is 27.8 Å². The van der Waals surface area contributed by atoms with Gasteiger partial charge in [0.25, 0.3) is 0 Å². The van der Waals surface area contributed by atoms with Gasteiger partial charge in [-0.2, -0.15) is 0 Å². The van der Waals surface area contributed by atoms with Gasteiger partial charge in [-0.1, -0.05) is 23.8 Å². The molecule has 158 valence electrons. The molecule has 0 bridgehead atoms. The van der Waals surface area contributed by atoms with Gasteiger partial charge in [0.2, 0.25) is 0 Å². The molecule has 2 atom stereocenters. The fraction of sp³-hybridized carbons (Fsp3) is 0.400. The Labute approximate surface area is 178 Å². The molecule has 1 fully saturated rings. The number of methoxy groups -OCH3 is 2. The summed E-state index contributed by atoms with van der Waals surface area (Å²) in [5.74, 6) is 1.96. The minimum absolute atomic E-state index is 0.0203. The largest absolute Gasteiger partial charge is 0.493 e. The summed E-state index contributed by atoms with van der Waals surface area (Å²) in [6.45, 7) is 2.98. The van der Waals surface area contributed by atoms with Crippen LogP contribution in [0.1, 0.15) is 40.7 Å². The number of allylic oxidation sites excluding steroid dienone is 1. The number of likely N-dealkylation sites (tertiary alicyclic amines) is 1. The van der Waals surface area contributed by atoms with Gasteiger partial charge in [-0.15, -0.1) is 0 Å². The Morgan fingerprint density at radius 3 is 2.63 bits per heavy atom. The number of carbonyl (C=O) groups excluding carboxylic acids is 1. The molecule has 0 amide bonds. The number of aryl methyl sites for hydroxylation is 1. The molecule has 2 aromatic rings. The number of rotatable bonds is 5. The Morgan fingerprint density at radius 1 is 1.10 bits per heavy atom. The third-order valence-corrected chi connectivity index (χ3v) is 6.61. The van der Waals surface area contributed by atoms with Crippen LogP contribution in [0, 0.1) is 6.92 Å². The van der Waals surface area contributed by atoms with Crippen LogP contribution in [0.4, 0.5) is 0 Å². The van der Waals surface area contributed by atoms with Gasteiger partial charge in [0, 0.05) is 17.9 Å². The lowest BCUT2D eigenvalue weighted by Crippen LogP contribution is -2.43. The lowest BCUT2D eigenvalue weighted by Gasteiger charge is -2.40. The van der Waals surface area contributed by atoms with Crippen LogP contribution in [0.2, 0.25) is 0 Å². The van der Waals surface area contributed by atoms with Gasteiger partial charge >= 0.3 is 5.97 Å². The molecule has 2 aliphatic rings. The first kappa shape index (κ1) is 20.5. The molecule has 1 aliphatic carbocycles.